The van der Waals surface area contributed by atoms with Crippen molar-refractivity contribution >= 4 is 11.0 Å². The van der Waals surface area contributed by atoms with E-state index in [2.05, 4.69) is 15.0 Å². The Labute approximate surface area is 76.0 Å². The van der Waals surface area contributed by atoms with Crippen molar-refractivity contribution in [2.75, 3.05) is 7.11 Å². The maximum atomic E-state index is 5.14. The number of H-pyrrole nitrogens is 1. The van der Waals surface area contributed by atoms with Gasteiger partial charge in [-0.3, -0.25) is 0 Å². The summed E-state index contributed by atoms with van der Waals surface area (Å²) in [5, 5.41) is 0. The molecule has 0 amide bonds. The molecule has 0 fully saturated rings. The predicted molar refractivity (Wildman–Crippen MR) is 49.9 cm³/mol. The van der Waals surface area contributed by atoms with E-state index in [0.717, 1.165) is 22.4 Å². The third-order valence-corrected chi connectivity index (χ3v) is 1.99. The Bertz CT molecular complexity index is 447. The summed E-state index contributed by atoms with van der Waals surface area (Å²) in [6, 6.07) is 0. The highest BCUT2D eigenvalue weighted by Crippen LogP contribution is 2.22. The minimum Gasteiger partial charge on any atom is -0.479 e. The van der Waals surface area contributed by atoms with E-state index in [0.29, 0.717) is 5.88 Å². The van der Waals surface area contributed by atoms with Gasteiger partial charge in [0.2, 0.25) is 5.88 Å². The van der Waals surface area contributed by atoms with E-state index in [9.17, 15) is 0 Å². The highest BCUT2D eigenvalue weighted by molar-refractivity contribution is 5.82. The van der Waals surface area contributed by atoms with E-state index in [4.69, 9.17) is 4.74 Å². The minimum absolute atomic E-state index is 0.607. The monoisotopic (exact) mass is 177 g/mol. The number of hydrogen-bond donors (Lipinski definition) is 1. The zero-order valence-electron chi connectivity index (χ0n) is 7.88. The Hall–Kier alpha value is -1.58. The number of aromatic nitrogens is 3. The van der Waals surface area contributed by atoms with Crippen LogP contribution >= 0.6 is 0 Å². The predicted octanol–water partition coefficient (Wildman–Crippen LogP) is 1.58. The van der Waals surface area contributed by atoms with Gasteiger partial charge in [0.05, 0.1) is 12.6 Å². The number of nitrogens with one attached hydrogen (secondary N) is 1. The second kappa shape index (κ2) is 2.73. The lowest BCUT2D eigenvalue weighted by atomic mass is 10.3. The zero-order valence-corrected chi connectivity index (χ0v) is 7.88. The molecule has 4 nitrogen and oxygen atoms in total. The number of methoxy groups -OCH3 is 1. The smallest absolute Gasteiger partial charge is 0.241 e. The second-order valence-electron chi connectivity index (χ2n) is 2.98. The normalized spacial score (nSPS) is 10.7. The molecule has 0 aromatic carbocycles. The maximum absolute atomic E-state index is 5.14. The topological polar surface area (TPSA) is 50.8 Å². The average molecular weight is 177 g/mol. The van der Waals surface area contributed by atoms with Crippen molar-refractivity contribution < 1.29 is 4.74 Å². The van der Waals surface area contributed by atoms with E-state index < -0.39 is 0 Å². The molecule has 0 saturated carbocycles. The van der Waals surface area contributed by atoms with Crippen molar-refractivity contribution in [2.24, 2.45) is 0 Å². The molecule has 2 aromatic heterocycles. The Balaban J connectivity index is 2.84. The lowest BCUT2D eigenvalue weighted by Crippen LogP contribution is -1.94. The van der Waals surface area contributed by atoms with Crippen LogP contribution in [0, 0.1) is 13.8 Å². The van der Waals surface area contributed by atoms with E-state index in [1.807, 2.05) is 20.0 Å². The number of nitrogens with zero attached hydrogens (tertiary/aromatic N) is 2. The van der Waals surface area contributed by atoms with Crippen molar-refractivity contribution in [3.8, 4) is 5.88 Å². The molecule has 0 bridgehead atoms. The van der Waals surface area contributed by atoms with Gasteiger partial charge in [-0.15, -0.1) is 0 Å². The van der Waals surface area contributed by atoms with Gasteiger partial charge >= 0.3 is 0 Å². The third kappa shape index (κ3) is 1.14. The summed E-state index contributed by atoms with van der Waals surface area (Å²) in [5.41, 5.74) is 2.91. The summed E-state index contributed by atoms with van der Waals surface area (Å²) < 4.78 is 5.14. The largest absolute Gasteiger partial charge is 0.479 e. The van der Waals surface area contributed by atoms with Crippen molar-refractivity contribution in [1.82, 2.24) is 15.0 Å². The third-order valence-electron chi connectivity index (χ3n) is 1.99. The van der Waals surface area contributed by atoms with E-state index in [-0.39, 0.29) is 0 Å². The molecule has 1 N–H and O–H groups in total. The van der Waals surface area contributed by atoms with Gasteiger partial charge in [-0.05, 0) is 19.4 Å². The Kier molecular flexibility index (Phi) is 1.69. The zero-order chi connectivity index (χ0) is 9.42. The molecular formula is C9H11N3O. The summed E-state index contributed by atoms with van der Waals surface area (Å²) in [7, 11) is 1.61. The molecule has 0 spiro atoms. The average Bonchev–Trinajstić information content (AvgIpc) is 2.47. The molecule has 13 heavy (non-hydrogen) atoms. The molecule has 2 rings (SSSR count). The number of aromatic amines is 1. The van der Waals surface area contributed by atoms with Crippen molar-refractivity contribution in [3.05, 3.63) is 17.6 Å². The first-order valence-corrected chi connectivity index (χ1v) is 4.08. The number of hydrogen-bond acceptors (Lipinski definition) is 3. The molecular weight excluding hydrogens is 166 g/mol. The van der Waals surface area contributed by atoms with Crippen molar-refractivity contribution in [2.45, 2.75) is 13.8 Å². The van der Waals surface area contributed by atoms with E-state index >= 15 is 0 Å². The fourth-order valence-corrected chi connectivity index (χ4v) is 1.36. The molecule has 0 radical (unpaired) electrons. The van der Waals surface area contributed by atoms with Crippen molar-refractivity contribution in [1.29, 1.82) is 0 Å². The van der Waals surface area contributed by atoms with Crippen LogP contribution in [-0.2, 0) is 0 Å². The number of fused-ring (bicyclic) bond motifs is 1. The summed E-state index contributed by atoms with van der Waals surface area (Å²) >= 11 is 0. The number of rotatable bonds is 1. The lowest BCUT2D eigenvalue weighted by molar-refractivity contribution is 0.400. The summed E-state index contributed by atoms with van der Waals surface area (Å²) in [6.45, 7) is 3.86. The van der Waals surface area contributed by atoms with Gasteiger partial charge in [0.15, 0.2) is 0 Å². The Morgan fingerprint density at radius 3 is 2.77 bits per heavy atom. The molecule has 0 aliphatic carbocycles. The highest BCUT2D eigenvalue weighted by Gasteiger charge is 2.08. The molecule has 2 aromatic rings. The van der Waals surface area contributed by atoms with Gasteiger partial charge in [-0.2, -0.15) is 4.98 Å². The minimum atomic E-state index is 0.607. The molecule has 0 aliphatic heterocycles. The standard InChI is InChI=1S/C9H11N3O/c1-5-4-10-8-7(5)11-6(2)12-9(8)13-3/h4,10H,1-3H3. The van der Waals surface area contributed by atoms with Gasteiger partial charge in [0.25, 0.3) is 0 Å². The van der Waals surface area contributed by atoms with Gasteiger partial charge in [0, 0.05) is 6.20 Å². The molecule has 0 aliphatic rings. The number of aryl methyl sites for hydroxylation is 2. The first-order valence-electron chi connectivity index (χ1n) is 4.08. The van der Waals surface area contributed by atoms with Crippen LogP contribution in [0.1, 0.15) is 11.4 Å². The van der Waals surface area contributed by atoms with Crippen LogP contribution in [0.4, 0.5) is 0 Å². The second-order valence-corrected chi connectivity index (χ2v) is 2.98. The molecule has 4 heteroatoms. The molecule has 2 heterocycles. The van der Waals surface area contributed by atoms with Crippen LogP contribution in [0.15, 0.2) is 6.20 Å². The first kappa shape index (κ1) is 8.04. The molecule has 0 atom stereocenters. The Morgan fingerprint density at radius 2 is 2.08 bits per heavy atom. The van der Waals surface area contributed by atoms with Crippen LogP contribution < -0.4 is 4.74 Å². The quantitative estimate of drug-likeness (QED) is 0.719. The van der Waals surface area contributed by atoms with Gasteiger partial charge in [-0.1, -0.05) is 0 Å². The van der Waals surface area contributed by atoms with Crippen LogP contribution in [0.5, 0.6) is 5.88 Å². The van der Waals surface area contributed by atoms with Gasteiger partial charge in [-0.25, -0.2) is 4.98 Å². The fraction of sp³-hybridized carbons (Fsp3) is 0.333. The van der Waals surface area contributed by atoms with Crippen molar-refractivity contribution in [3.63, 3.8) is 0 Å². The number of ether oxygens (including phenoxy) is 1. The van der Waals surface area contributed by atoms with Gasteiger partial charge < -0.3 is 9.72 Å². The highest BCUT2D eigenvalue weighted by atomic mass is 16.5. The van der Waals surface area contributed by atoms with E-state index in [1.54, 1.807) is 7.11 Å². The van der Waals surface area contributed by atoms with Crippen LogP contribution in [0.2, 0.25) is 0 Å². The summed E-state index contributed by atoms with van der Waals surface area (Å²) in [5.74, 6) is 1.34. The van der Waals surface area contributed by atoms with E-state index in [1.165, 1.54) is 0 Å². The molecule has 0 unspecified atom stereocenters. The maximum Gasteiger partial charge on any atom is 0.241 e. The SMILES string of the molecule is COc1nc(C)nc2c(C)c[nH]c12. The van der Waals surface area contributed by atoms with Crippen LogP contribution in [0.3, 0.4) is 0 Å². The lowest BCUT2D eigenvalue weighted by Gasteiger charge is -2.01. The summed E-state index contributed by atoms with van der Waals surface area (Å²) in [6.07, 6.45) is 1.90. The molecule has 0 saturated heterocycles. The van der Waals surface area contributed by atoms with Gasteiger partial charge in [0.1, 0.15) is 11.3 Å². The first-order chi connectivity index (χ1) is 6.22. The van der Waals surface area contributed by atoms with Crippen LogP contribution in [0.25, 0.3) is 11.0 Å². The Morgan fingerprint density at radius 1 is 1.31 bits per heavy atom. The fourth-order valence-electron chi connectivity index (χ4n) is 1.36. The van der Waals surface area contributed by atoms with Crippen LogP contribution in [-0.4, -0.2) is 22.1 Å². The summed E-state index contributed by atoms with van der Waals surface area (Å²) in [4.78, 5) is 11.6. The molecule has 68 valence electrons.